The summed E-state index contributed by atoms with van der Waals surface area (Å²) >= 11 is 1.74. The first kappa shape index (κ1) is 13.8. The second-order valence-corrected chi connectivity index (χ2v) is 5.79. The first-order valence-corrected chi connectivity index (χ1v) is 7.51. The molecule has 6 heteroatoms. The van der Waals surface area contributed by atoms with Gasteiger partial charge in [-0.15, -0.1) is 10.2 Å². The lowest BCUT2D eigenvalue weighted by Crippen LogP contribution is -2.38. The normalized spacial score (nSPS) is 21.4. The van der Waals surface area contributed by atoms with Crippen LogP contribution < -0.4 is 5.32 Å². The Bertz CT molecular complexity index is 376. The second-order valence-electron chi connectivity index (χ2n) is 4.73. The molecule has 0 bridgehead atoms. The van der Waals surface area contributed by atoms with Crippen LogP contribution in [0.1, 0.15) is 25.6 Å². The molecule has 5 nitrogen and oxygen atoms in total. The van der Waals surface area contributed by atoms with Crippen LogP contribution >= 0.6 is 11.8 Å². The van der Waals surface area contributed by atoms with Gasteiger partial charge in [-0.25, -0.2) is 0 Å². The first-order valence-electron chi connectivity index (χ1n) is 6.52. The zero-order valence-corrected chi connectivity index (χ0v) is 12.2. The van der Waals surface area contributed by atoms with Gasteiger partial charge in [0.1, 0.15) is 5.82 Å². The second kappa shape index (κ2) is 6.54. The lowest BCUT2D eigenvalue weighted by molar-refractivity contribution is 0.0844. The van der Waals surface area contributed by atoms with Crippen molar-refractivity contribution >= 4 is 11.8 Å². The van der Waals surface area contributed by atoms with E-state index < -0.39 is 0 Å². The molecule has 0 spiro atoms. The minimum absolute atomic E-state index is 0.395. The third-order valence-electron chi connectivity index (χ3n) is 3.37. The van der Waals surface area contributed by atoms with Crippen molar-refractivity contribution in [2.24, 2.45) is 7.05 Å². The third kappa shape index (κ3) is 3.46. The molecule has 0 aromatic carbocycles. The lowest BCUT2D eigenvalue weighted by atomic mass is 10.1. The molecule has 102 valence electrons. The molecule has 1 aliphatic rings. The number of thioether (sulfide) groups is 1. The number of ether oxygens (including phenoxy) is 1. The number of aromatic nitrogens is 3. The van der Waals surface area contributed by atoms with Gasteiger partial charge < -0.3 is 14.6 Å². The van der Waals surface area contributed by atoms with E-state index in [0.717, 1.165) is 29.9 Å². The summed E-state index contributed by atoms with van der Waals surface area (Å²) in [5, 5.41) is 12.7. The zero-order valence-electron chi connectivity index (χ0n) is 11.3. The van der Waals surface area contributed by atoms with Crippen molar-refractivity contribution < 1.29 is 4.74 Å². The molecule has 1 saturated heterocycles. The summed E-state index contributed by atoms with van der Waals surface area (Å²) in [6.45, 7) is 6.06. The Labute approximate surface area is 113 Å². The van der Waals surface area contributed by atoms with Crippen molar-refractivity contribution in [3.8, 4) is 0 Å². The molecule has 0 amide bonds. The van der Waals surface area contributed by atoms with E-state index in [1.807, 2.05) is 18.5 Å². The Morgan fingerprint density at radius 1 is 1.56 bits per heavy atom. The zero-order chi connectivity index (χ0) is 13.0. The van der Waals surface area contributed by atoms with Crippen LogP contribution in [-0.2, 0) is 11.8 Å². The maximum atomic E-state index is 5.66. The number of nitrogens with one attached hydrogen (secondary N) is 1. The van der Waals surface area contributed by atoms with E-state index in [9.17, 15) is 0 Å². The van der Waals surface area contributed by atoms with E-state index in [1.54, 1.807) is 11.8 Å². The highest BCUT2D eigenvalue weighted by Crippen LogP contribution is 2.16. The first-order chi connectivity index (χ1) is 8.68. The van der Waals surface area contributed by atoms with Crippen LogP contribution in [0.3, 0.4) is 0 Å². The van der Waals surface area contributed by atoms with Crippen molar-refractivity contribution in [2.45, 2.75) is 44.0 Å². The molecule has 2 rings (SSSR count). The third-order valence-corrected chi connectivity index (χ3v) is 4.40. The minimum atomic E-state index is 0.395. The largest absolute Gasteiger partial charge is 0.377 e. The molecular formula is C12H22N4OS. The molecule has 1 fully saturated rings. The molecule has 2 unspecified atom stereocenters. The number of nitrogens with zero attached hydrogens (tertiary/aromatic N) is 3. The van der Waals surface area contributed by atoms with E-state index in [0.29, 0.717) is 12.1 Å². The summed E-state index contributed by atoms with van der Waals surface area (Å²) in [4.78, 5) is 0. The van der Waals surface area contributed by atoms with Crippen molar-refractivity contribution in [3.05, 3.63) is 5.82 Å². The number of hydrogen-bond donors (Lipinski definition) is 1. The van der Waals surface area contributed by atoms with Crippen LogP contribution in [0.15, 0.2) is 5.16 Å². The molecule has 2 atom stereocenters. The Kier molecular flexibility index (Phi) is 5.03. The van der Waals surface area contributed by atoms with Gasteiger partial charge in [0.15, 0.2) is 5.16 Å². The van der Waals surface area contributed by atoms with Crippen LogP contribution in [0.2, 0.25) is 0 Å². The van der Waals surface area contributed by atoms with Crippen molar-refractivity contribution in [1.29, 1.82) is 0 Å². The predicted molar refractivity (Wildman–Crippen MR) is 72.9 cm³/mol. The molecule has 0 radical (unpaired) electrons. The fourth-order valence-corrected chi connectivity index (χ4v) is 2.90. The highest BCUT2D eigenvalue weighted by molar-refractivity contribution is 7.99. The minimum Gasteiger partial charge on any atom is -0.377 e. The van der Waals surface area contributed by atoms with Gasteiger partial charge in [0.05, 0.1) is 6.10 Å². The van der Waals surface area contributed by atoms with Crippen LogP contribution in [0.4, 0.5) is 0 Å². The van der Waals surface area contributed by atoms with Gasteiger partial charge in [-0.1, -0.05) is 11.8 Å². The van der Waals surface area contributed by atoms with Crippen molar-refractivity contribution in [2.75, 3.05) is 18.9 Å². The average molecular weight is 270 g/mol. The summed E-state index contributed by atoms with van der Waals surface area (Å²) in [5.41, 5.74) is 0. The predicted octanol–water partition coefficient (Wildman–Crippen LogP) is 1.37. The van der Waals surface area contributed by atoms with Crippen LogP contribution in [-0.4, -0.2) is 45.8 Å². The Balaban J connectivity index is 1.65. The van der Waals surface area contributed by atoms with Crippen LogP contribution in [0, 0.1) is 6.92 Å². The standard InChI is InChI=1S/C12H22N4OS/c1-9(11-5-4-7-17-11)13-6-8-18-12-15-14-10(2)16(12)3/h9,11,13H,4-8H2,1-3H3. The van der Waals surface area contributed by atoms with Crippen molar-refractivity contribution in [1.82, 2.24) is 20.1 Å². The van der Waals surface area contributed by atoms with Crippen LogP contribution in [0.5, 0.6) is 0 Å². The topological polar surface area (TPSA) is 52.0 Å². The van der Waals surface area contributed by atoms with Crippen LogP contribution in [0.25, 0.3) is 0 Å². The Morgan fingerprint density at radius 2 is 2.39 bits per heavy atom. The van der Waals surface area contributed by atoms with E-state index >= 15 is 0 Å². The molecular weight excluding hydrogens is 248 g/mol. The fourth-order valence-electron chi connectivity index (χ4n) is 2.07. The number of aryl methyl sites for hydroxylation is 1. The summed E-state index contributed by atoms with van der Waals surface area (Å²) < 4.78 is 7.68. The molecule has 0 saturated carbocycles. The summed E-state index contributed by atoms with van der Waals surface area (Å²) in [5.74, 6) is 1.96. The Morgan fingerprint density at radius 3 is 3.00 bits per heavy atom. The summed E-state index contributed by atoms with van der Waals surface area (Å²) in [7, 11) is 2.00. The molecule has 1 aromatic rings. The Hall–Kier alpha value is -0.590. The average Bonchev–Trinajstić information content (AvgIpc) is 2.99. The number of hydrogen-bond acceptors (Lipinski definition) is 5. The van der Waals surface area contributed by atoms with Gasteiger partial charge >= 0.3 is 0 Å². The maximum absolute atomic E-state index is 5.66. The van der Waals surface area contributed by atoms with Crippen molar-refractivity contribution in [3.63, 3.8) is 0 Å². The monoisotopic (exact) mass is 270 g/mol. The van der Waals surface area contributed by atoms with Gasteiger partial charge in [0, 0.05) is 32.0 Å². The summed E-state index contributed by atoms with van der Waals surface area (Å²) in [6.07, 6.45) is 2.78. The SMILES string of the molecule is Cc1nnc(SCCNC(C)C2CCCO2)n1C. The molecule has 18 heavy (non-hydrogen) atoms. The van der Waals surface area contributed by atoms with E-state index in [2.05, 4.69) is 22.4 Å². The van der Waals surface area contributed by atoms with Gasteiger partial charge in [-0.3, -0.25) is 0 Å². The highest BCUT2D eigenvalue weighted by atomic mass is 32.2. The molecule has 1 aliphatic heterocycles. The van der Waals surface area contributed by atoms with Gasteiger partial charge in [-0.2, -0.15) is 0 Å². The maximum Gasteiger partial charge on any atom is 0.190 e. The van der Waals surface area contributed by atoms with Gasteiger partial charge in [-0.05, 0) is 26.7 Å². The summed E-state index contributed by atoms with van der Waals surface area (Å²) in [6, 6.07) is 0.439. The molecule has 2 heterocycles. The highest BCUT2D eigenvalue weighted by Gasteiger charge is 2.21. The van der Waals surface area contributed by atoms with E-state index in [4.69, 9.17) is 4.74 Å². The quantitative estimate of drug-likeness (QED) is 0.625. The van der Waals surface area contributed by atoms with Gasteiger partial charge in [0.25, 0.3) is 0 Å². The fraction of sp³-hybridized carbons (Fsp3) is 0.833. The molecule has 1 aromatic heterocycles. The number of rotatable bonds is 6. The molecule has 1 N–H and O–H groups in total. The van der Waals surface area contributed by atoms with E-state index in [1.165, 1.54) is 12.8 Å². The smallest absolute Gasteiger partial charge is 0.190 e. The van der Waals surface area contributed by atoms with E-state index in [-0.39, 0.29) is 0 Å². The molecule has 0 aliphatic carbocycles. The lowest BCUT2D eigenvalue weighted by Gasteiger charge is -2.19. The van der Waals surface area contributed by atoms with Gasteiger partial charge in [0.2, 0.25) is 0 Å².